The van der Waals surface area contributed by atoms with E-state index < -0.39 is 0 Å². The van der Waals surface area contributed by atoms with Gasteiger partial charge in [0.25, 0.3) is 17.7 Å². The van der Waals surface area contributed by atoms with Crippen LogP contribution in [0.4, 0.5) is 0 Å². The lowest BCUT2D eigenvalue weighted by molar-refractivity contribution is 0.0692. The van der Waals surface area contributed by atoms with Gasteiger partial charge in [0.15, 0.2) is 0 Å². The summed E-state index contributed by atoms with van der Waals surface area (Å²) in [6, 6.07) is 12.7. The van der Waals surface area contributed by atoms with Gasteiger partial charge >= 0.3 is 0 Å². The van der Waals surface area contributed by atoms with Crippen molar-refractivity contribution in [2.75, 3.05) is 7.05 Å². The Hall–Kier alpha value is -2.77. The Bertz CT molecular complexity index is 974. The minimum atomic E-state index is -0.368. The average molecular weight is 396 g/mol. The summed E-state index contributed by atoms with van der Waals surface area (Å²) in [5.74, 6) is -0.856. The highest BCUT2D eigenvalue weighted by Gasteiger charge is 2.33. The predicted molar refractivity (Wildman–Crippen MR) is 105 cm³/mol. The van der Waals surface area contributed by atoms with Gasteiger partial charge in [-0.05, 0) is 41.1 Å². The molecule has 3 heterocycles. The zero-order chi connectivity index (χ0) is 19.0. The van der Waals surface area contributed by atoms with Crippen LogP contribution in [0.1, 0.15) is 40.8 Å². The van der Waals surface area contributed by atoms with Crippen LogP contribution in [0.2, 0.25) is 0 Å². The van der Waals surface area contributed by atoms with E-state index in [9.17, 15) is 14.4 Å². The molecule has 0 saturated heterocycles. The summed E-state index contributed by atoms with van der Waals surface area (Å²) in [7, 11) is 1.45. The Morgan fingerprint density at radius 2 is 1.52 bits per heavy atom. The van der Waals surface area contributed by atoms with Crippen molar-refractivity contribution < 1.29 is 14.4 Å². The van der Waals surface area contributed by atoms with Gasteiger partial charge in [-0.3, -0.25) is 19.3 Å². The highest BCUT2D eigenvalue weighted by atomic mass is 32.1. The maximum atomic E-state index is 13.2. The smallest absolute Gasteiger partial charge is 0.261 e. The van der Waals surface area contributed by atoms with Crippen LogP contribution in [0.25, 0.3) is 0 Å². The van der Waals surface area contributed by atoms with Crippen molar-refractivity contribution in [3.63, 3.8) is 0 Å². The van der Waals surface area contributed by atoms with Gasteiger partial charge in [-0.15, -0.1) is 22.7 Å². The maximum Gasteiger partial charge on any atom is 0.261 e. The summed E-state index contributed by atoms with van der Waals surface area (Å²) in [5, 5.41) is 3.97. The molecule has 0 bridgehead atoms. The first kappa shape index (κ1) is 17.6. The number of imide groups is 1. The van der Waals surface area contributed by atoms with Crippen LogP contribution < -0.4 is 0 Å². The topological polar surface area (TPSA) is 57.7 Å². The van der Waals surface area contributed by atoms with Crippen molar-refractivity contribution in [3.8, 4) is 0 Å². The van der Waals surface area contributed by atoms with Crippen LogP contribution in [-0.4, -0.2) is 34.6 Å². The number of benzene rings is 1. The summed E-state index contributed by atoms with van der Waals surface area (Å²) < 4.78 is 0. The number of thiophene rings is 2. The van der Waals surface area contributed by atoms with E-state index in [-0.39, 0.29) is 17.7 Å². The van der Waals surface area contributed by atoms with Crippen LogP contribution >= 0.6 is 22.7 Å². The van der Waals surface area contributed by atoms with Crippen LogP contribution in [0.3, 0.4) is 0 Å². The predicted octanol–water partition coefficient (Wildman–Crippen LogP) is 3.88. The molecular weight excluding hydrogens is 380 g/mol. The molecule has 2 aromatic heterocycles. The van der Waals surface area contributed by atoms with E-state index in [1.807, 2.05) is 35.0 Å². The van der Waals surface area contributed by atoms with Crippen LogP contribution in [0, 0.1) is 0 Å². The number of hydrogen-bond acceptors (Lipinski definition) is 5. The first-order valence-corrected chi connectivity index (χ1v) is 10.1. The van der Waals surface area contributed by atoms with Gasteiger partial charge in [0.2, 0.25) is 0 Å². The second-order valence-electron chi connectivity index (χ2n) is 6.25. The van der Waals surface area contributed by atoms with Crippen LogP contribution in [0.5, 0.6) is 0 Å². The Labute approximate surface area is 164 Å². The molecule has 0 N–H and O–H groups in total. The Morgan fingerprint density at radius 3 is 2.07 bits per heavy atom. The third kappa shape index (κ3) is 3.31. The Morgan fingerprint density at radius 1 is 0.926 bits per heavy atom. The highest BCUT2D eigenvalue weighted by Crippen LogP contribution is 2.25. The van der Waals surface area contributed by atoms with Crippen molar-refractivity contribution in [1.29, 1.82) is 0 Å². The number of fused-ring (bicyclic) bond motifs is 1. The van der Waals surface area contributed by atoms with E-state index in [4.69, 9.17) is 0 Å². The zero-order valence-corrected chi connectivity index (χ0v) is 16.2. The molecule has 4 rings (SSSR count). The summed E-state index contributed by atoms with van der Waals surface area (Å²) in [6.45, 7) is 0.997. The normalized spacial score (nSPS) is 13.1. The molecule has 136 valence electrons. The Kier molecular flexibility index (Phi) is 4.63. The fourth-order valence-electron chi connectivity index (χ4n) is 3.06. The third-order valence-electron chi connectivity index (χ3n) is 4.48. The number of amides is 3. The lowest BCUT2D eigenvalue weighted by Gasteiger charge is -2.22. The van der Waals surface area contributed by atoms with E-state index in [0.717, 1.165) is 14.7 Å². The van der Waals surface area contributed by atoms with Crippen LogP contribution in [-0.2, 0) is 13.1 Å². The number of nitrogens with zero attached hydrogens (tertiary/aromatic N) is 2. The number of carbonyl (C=O) groups is 3. The summed E-state index contributed by atoms with van der Waals surface area (Å²) in [4.78, 5) is 42.5. The van der Waals surface area contributed by atoms with Crippen molar-refractivity contribution in [3.05, 3.63) is 79.7 Å². The molecule has 0 radical (unpaired) electrons. The fraction of sp³-hybridized carbons (Fsp3) is 0.150. The van der Waals surface area contributed by atoms with Gasteiger partial charge in [-0.1, -0.05) is 12.1 Å². The van der Waals surface area contributed by atoms with Gasteiger partial charge in [0, 0.05) is 22.4 Å². The molecule has 0 aliphatic carbocycles. The summed E-state index contributed by atoms with van der Waals surface area (Å²) >= 11 is 3.20. The van der Waals surface area contributed by atoms with Crippen molar-refractivity contribution >= 4 is 40.4 Å². The van der Waals surface area contributed by atoms with Gasteiger partial charge in [-0.2, -0.15) is 0 Å². The molecule has 0 saturated carbocycles. The molecule has 1 aromatic carbocycles. The minimum absolute atomic E-state index is 0.158. The van der Waals surface area contributed by atoms with E-state index >= 15 is 0 Å². The molecular formula is C20H16N2O3S2. The average Bonchev–Trinajstić information content (AvgIpc) is 3.42. The fourth-order valence-corrected chi connectivity index (χ4v) is 4.50. The monoisotopic (exact) mass is 396 g/mol. The highest BCUT2D eigenvalue weighted by molar-refractivity contribution is 7.10. The van der Waals surface area contributed by atoms with Crippen LogP contribution in [0.15, 0.2) is 53.2 Å². The third-order valence-corrected chi connectivity index (χ3v) is 6.20. The largest absolute Gasteiger partial charge is 0.328 e. The SMILES string of the molecule is CN1C(=O)c2ccc(C(=O)N(Cc3cccs3)Cc3cccs3)cc2C1=O. The number of rotatable bonds is 5. The first-order valence-electron chi connectivity index (χ1n) is 8.35. The van der Waals surface area contributed by atoms with E-state index in [1.54, 1.807) is 39.7 Å². The second-order valence-corrected chi connectivity index (χ2v) is 8.31. The molecule has 0 fully saturated rings. The first-order chi connectivity index (χ1) is 13.0. The zero-order valence-electron chi connectivity index (χ0n) is 14.5. The number of hydrogen-bond donors (Lipinski definition) is 0. The molecule has 5 nitrogen and oxygen atoms in total. The Balaban J connectivity index is 1.65. The molecule has 0 spiro atoms. The van der Waals surface area contributed by atoms with E-state index in [0.29, 0.717) is 29.8 Å². The quantitative estimate of drug-likeness (QED) is 0.615. The van der Waals surface area contributed by atoms with Crippen molar-refractivity contribution in [1.82, 2.24) is 9.80 Å². The molecule has 27 heavy (non-hydrogen) atoms. The minimum Gasteiger partial charge on any atom is -0.328 e. The van der Waals surface area contributed by atoms with Crippen molar-refractivity contribution in [2.24, 2.45) is 0 Å². The molecule has 0 unspecified atom stereocenters. The van der Waals surface area contributed by atoms with Gasteiger partial charge < -0.3 is 4.90 Å². The molecule has 3 aromatic rings. The van der Waals surface area contributed by atoms with Crippen molar-refractivity contribution in [2.45, 2.75) is 13.1 Å². The maximum absolute atomic E-state index is 13.2. The van der Waals surface area contributed by atoms with Gasteiger partial charge in [0.05, 0.1) is 24.2 Å². The van der Waals surface area contributed by atoms with E-state index in [2.05, 4.69) is 0 Å². The summed E-state index contributed by atoms with van der Waals surface area (Å²) in [6.07, 6.45) is 0. The second kappa shape index (κ2) is 7.09. The molecule has 1 aliphatic rings. The molecule has 7 heteroatoms. The molecule has 0 atom stereocenters. The lowest BCUT2D eigenvalue weighted by atomic mass is 10.0. The summed E-state index contributed by atoms with van der Waals surface area (Å²) in [5.41, 5.74) is 1.06. The standard InChI is InChI=1S/C20H16N2O3S2/c1-21-19(24)16-7-6-13(10-17(16)20(21)25)18(23)22(11-14-4-2-8-26-14)12-15-5-3-9-27-15/h2-10H,11-12H2,1H3. The van der Waals surface area contributed by atoms with Gasteiger partial charge in [0.1, 0.15) is 0 Å². The lowest BCUT2D eigenvalue weighted by Crippen LogP contribution is -2.29. The molecule has 3 amide bonds. The number of carbonyl (C=O) groups excluding carboxylic acids is 3. The van der Waals surface area contributed by atoms with E-state index in [1.165, 1.54) is 13.1 Å². The van der Waals surface area contributed by atoms with Gasteiger partial charge in [-0.25, -0.2) is 0 Å². The molecule has 1 aliphatic heterocycles.